The van der Waals surface area contributed by atoms with Crippen LogP contribution in [0.25, 0.3) is 11.5 Å². The van der Waals surface area contributed by atoms with E-state index >= 15 is 0 Å². The molecule has 15 heavy (non-hydrogen) atoms. The largest absolute Gasteiger partial charge is 0.337 e. The zero-order valence-electron chi connectivity index (χ0n) is 8.42. The van der Waals surface area contributed by atoms with E-state index in [9.17, 15) is 0 Å². The standard InChI is InChI=1S/C10H12N4O/c1-2-7(11)10-13-9(14-15-10)8-5-3-4-6-12-8/h3-7H,2,11H2,1H3/t7-/m0/s1. The van der Waals surface area contributed by atoms with Crippen LogP contribution in [0.3, 0.4) is 0 Å². The lowest BCUT2D eigenvalue weighted by Crippen LogP contribution is -2.08. The van der Waals surface area contributed by atoms with Gasteiger partial charge in [0.25, 0.3) is 0 Å². The SMILES string of the molecule is CC[C@H](N)c1nc(-c2ccccn2)no1. The Morgan fingerprint density at radius 1 is 1.47 bits per heavy atom. The Labute approximate surface area is 87.3 Å². The predicted molar refractivity (Wildman–Crippen MR) is 54.7 cm³/mol. The van der Waals surface area contributed by atoms with Crippen LogP contribution in [-0.2, 0) is 0 Å². The maximum atomic E-state index is 5.77. The van der Waals surface area contributed by atoms with Crippen LogP contribution in [0.1, 0.15) is 25.3 Å². The Hall–Kier alpha value is -1.75. The van der Waals surface area contributed by atoms with Gasteiger partial charge in [-0.15, -0.1) is 0 Å². The van der Waals surface area contributed by atoms with Crippen molar-refractivity contribution in [3.8, 4) is 11.5 Å². The first-order valence-electron chi connectivity index (χ1n) is 4.82. The molecule has 2 rings (SSSR count). The van der Waals surface area contributed by atoms with Crippen molar-refractivity contribution in [3.05, 3.63) is 30.3 Å². The summed E-state index contributed by atoms with van der Waals surface area (Å²) in [6.45, 7) is 1.97. The Bertz CT molecular complexity index is 426. The van der Waals surface area contributed by atoms with Gasteiger partial charge in [0.1, 0.15) is 5.69 Å². The van der Waals surface area contributed by atoms with Gasteiger partial charge in [-0.25, -0.2) is 0 Å². The summed E-state index contributed by atoms with van der Waals surface area (Å²) in [5.41, 5.74) is 6.46. The van der Waals surface area contributed by atoms with Crippen LogP contribution in [0.2, 0.25) is 0 Å². The Morgan fingerprint density at radius 3 is 3.00 bits per heavy atom. The van der Waals surface area contributed by atoms with Crippen LogP contribution >= 0.6 is 0 Å². The summed E-state index contributed by atoms with van der Waals surface area (Å²) in [6, 6.07) is 5.34. The molecule has 0 aliphatic rings. The molecule has 0 aliphatic carbocycles. The van der Waals surface area contributed by atoms with Crippen LogP contribution in [0, 0.1) is 0 Å². The summed E-state index contributed by atoms with van der Waals surface area (Å²) in [7, 11) is 0. The number of rotatable bonds is 3. The molecule has 0 saturated carbocycles. The minimum atomic E-state index is -0.199. The second kappa shape index (κ2) is 4.18. The molecule has 0 saturated heterocycles. The Kier molecular flexibility index (Phi) is 2.73. The van der Waals surface area contributed by atoms with E-state index < -0.39 is 0 Å². The smallest absolute Gasteiger partial charge is 0.243 e. The van der Waals surface area contributed by atoms with E-state index in [2.05, 4.69) is 15.1 Å². The minimum absolute atomic E-state index is 0.199. The van der Waals surface area contributed by atoms with Crippen molar-refractivity contribution in [2.75, 3.05) is 0 Å². The van der Waals surface area contributed by atoms with E-state index in [1.165, 1.54) is 0 Å². The molecule has 0 spiro atoms. The fourth-order valence-corrected chi connectivity index (χ4v) is 1.16. The average Bonchev–Trinajstić information content (AvgIpc) is 2.78. The van der Waals surface area contributed by atoms with Gasteiger partial charge < -0.3 is 10.3 Å². The quantitative estimate of drug-likeness (QED) is 0.820. The molecular weight excluding hydrogens is 192 g/mol. The monoisotopic (exact) mass is 204 g/mol. The van der Waals surface area contributed by atoms with Gasteiger partial charge in [-0.05, 0) is 18.6 Å². The Morgan fingerprint density at radius 2 is 2.33 bits per heavy atom. The highest BCUT2D eigenvalue weighted by Gasteiger charge is 2.13. The average molecular weight is 204 g/mol. The second-order valence-corrected chi connectivity index (χ2v) is 3.19. The van der Waals surface area contributed by atoms with Crippen molar-refractivity contribution in [1.82, 2.24) is 15.1 Å². The lowest BCUT2D eigenvalue weighted by atomic mass is 10.2. The normalized spacial score (nSPS) is 12.7. The van der Waals surface area contributed by atoms with Crippen molar-refractivity contribution in [2.24, 2.45) is 5.73 Å². The number of pyridine rings is 1. The highest BCUT2D eigenvalue weighted by atomic mass is 16.5. The van der Waals surface area contributed by atoms with Crippen molar-refractivity contribution < 1.29 is 4.52 Å². The molecule has 0 bridgehead atoms. The summed E-state index contributed by atoms with van der Waals surface area (Å²) in [5, 5.41) is 3.83. The van der Waals surface area contributed by atoms with E-state index in [0.717, 1.165) is 6.42 Å². The van der Waals surface area contributed by atoms with E-state index in [0.29, 0.717) is 17.4 Å². The summed E-state index contributed by atoms with van der Waals surface area (Å²) < 4.78 is 5.05. The first kappa shape index (κ1) is 9.79. The van der Waals surface area contributed by atoms with Gasteiger partial charge in [-0.2, -0.15) is 4.98 Å². The third-order valence-corrected chi connectivity index (χ3v) is 2.09. The fourth-order valence-electron chi connectivity index (χ4n) is 1.16. The van der Waals surface area contributed by atoms with Crippen LogP contribution in [-0.4, -0.2) is 15.1 Å². The third kappa shape index (κ3) is 2.02. The maximum Gasteiger partial charge on any atom is 0.243 e. The number of hydrogen-bond donors (Lipinski definition) is 1. The number of aromatic nitrogens is 3. The summed E-state index contributed by atoms with van der Waals surface area (Å²) in [4.78, 5) is 8.31. The van der Waals surface area contributed by atoms with Gasteiger partial charge in [0.05, 0.1) is 6.04 Å². The summed E-state index contributed by atoms with van der Waals surface area (Å²) in [5.74, 6) is 0.938. The number of nitrogens with zero attached hydrogens (tertiary/aromatic N) is 3. The minimum Gasteiger partial charge on any atom is -0.337 e. The maximum absolute atomic E-state index is 5.77. The van der Waals surface area contributed by atoms with Gasteiger partial charge in [-0.3, -0.25) is 4.98 Å². The Balaban J connectivity index is 2.28. The molecule has 0 aromatic carbocycles. The molecule has 5 nitrogen and oxygen atoms in total. The number of hydrogen-bond acceptors (Lipinski definition) is 5. The van der Waals surface area contributed by atoms with E-state index in [1.807, 2.05) is 25.1 Å². The first-order chi connectivity index (χ1) is 7.31. The van der Waals surface area contributed by atoms with Crippen molar-refractivity contribution >= 4 is 0 Å². The molecule has 78 valence electrons. The highest BCUT2D eigenvalue weighted by molar-refractivity contribution is 5.47. The van der Waals surface area contributed by atoms with Crippen molar-refractivity contribution in [2.45, 2.75) is 19.4 Å². The van der Waals surface area contributed by atoms with E-state index in [1.54, 1.807) is 6.20 Å². The van der Waals surface area contributed by atoms with Gasteiger partial charge in [-0.1, -0.05) is 18.1 Å². The van der Waals surface area contributed by atoms with Gasteiger partial charge in [0, 0.05) is 6.20 Å². The van der Waals surface area contributed by atoms with E-state index in [4.69, 9.17) is 10.3 Å². The molecule has 2 aromatic rings. The third-order valence-electron chi connectivity index (χ3n) is 2.09. The van der Waals surface area contributed by atoms with Crippen LogP contribution in [0.15, 0.2) is 28.9 Å². The summed E-state index contributed by atoms with van der Waals surface area (Å²) in [6.07, 6.45) is 2.45. The van der Waals surface area contributed by atoms with Gasteiger partial charge in [0.2, 0.25) is 11.7 Å². The topological polar surface area (TPSA) is 77.8 Å². The molecule has 2 heterocycles. The molecule has 5 heteroatoms. The van der Waals surface area contributed by atoms with Gasteiger partial charge in [0.15, 0.2) is 0 Å². The first-order valence-corrected chi connectivity index (χ1v) is 4.82. The van der Waals surface area contributed by atoms with Crippen molar-refractivity contribution in [3.63, 3.8) is 0 Å². The fraction of sp³-hybridized carbons (Fsp3) is 0.300. The molecule has 0 fully saturated rings. The molecule has 0 unspecified atom stereocenters. The second-order valence-electron chi connectivity index (χ2n) is 3.19. The molecule has 0 aliphatic heterocycles. The zero-order chi connectivity index (χ0) is 10.7. The molecule has 0 radical (unpaired) electrons. The zero-order valence-corrected chi connectivity index (χ0v) is 8.42. The van der Waals surface area contributed by atoms with Crippen LogP contribution < -0.4 is 5.73 Å². The van der Waals surface area contributed by atoms with E-state index in [-0.39, 0.29) is 6.04 Å². The molecule has 2 N–H and O–H groups in total. The molecular formula is C10H12N4O. The highest BCUT2D eigenvalue weighted by Crippen LogP contribution is 2.16. The molecule has 1 atom stereocenters. The van der Waals surface area contributed by atoms with Crippen LogP contribution in [0.5, 0.6) is 0 Å². The molecule has 0 amide bonds. The lowest BCUT2D eigenvalue weighted by molar-refractivity contribution is 0.352. The summed E-state index contributed by atoms with van der Waals surface area (Å²) >= 11 is 0. The van der Waals surface area contributed by atoms with Gasteiger partial charge >= 0.3 is 0 Å². The lowest BCUT2D eigenvalue weighted by Gasteiger charge is -1.98. The molecule has 2 aromatic heterocycles. The predicted octanol–water partition coefficient (Wildman–Crippen LogP) is 1.54. The number of nitrogens with two attached hydrogens (primary N) is 1. The van der Waals surface area contributed by atoms with Crippen LogP contribution in [0.4, 0.5) is 0 Å². The van der Waals surface area contributed by atoms with Crippen molar-refractivity contribution in [1.29, 1.82) is 0 Å².